The van der Waals surface area contributed by atoms with Gasteiger partial charge in [-0.15, -0.1) is 11.3 Å². The maximum absolute atomic E-state index is 14.8. The van der Waals surface area contributed by atoms with E-state index in [1.54, 1.807) is 12.3 Å². The lowest BCUT2D eigenvalue weighted by Gasteiger charge is -2.15. The molecule has 0 spiro atoms. The Morgan fingerprint density at radius 3 is 2.30 bits per heavy atom. The minimum Gasteiger partial charge on any atom is -0.286 e. The fraction of sp³-hybridized carbons (Fsp3) is 0.103. The van der Waals surface area contributed by atoms with Gasteiger partial charge in [-0.25, -0.2) is 23.1 Å². The lowest BCUT2D eigenvalue weighted by atomic mass is 10.1. The van der Waals surface area contributed by atoms with Crippen LogP contribution < -0.4 is 16.1 Å². The van der Waals surface area contributed by atoms with Gasteiger partial charge in [0.25, 0.3) is 11.2 Å². The number of non-ortho nitro benzene ring substituents is 1. The molecule has 0 N–H and O–H groups in total. The number of pyridine rings is 1. The molecular formula is C29H18BrF2N5O5S. The topological polar surface area (TPSA) is 120 Å². The molecule has 4 heterocycles. The van der Waals surface area contributed by atoms with Gasteiger partial charge < -0.3 is 0 Å². The number of alkyl halides is 1. The van der Waals surface area contributed by atoms with Gasteiger partial charge in [0.1, 0.15) is 22.3 Å². The van der Waals surface area contributed by atoms with Crippen molar-refractivity contribution >= 4 is 54.8 Å². The molecule has 14 heteroatoms. The van der Waals surface area contributed by atoms with Crippen LogP contribution in [0.4, 0.5) is 20.2 Å². The molecule has 10 nitrogen and oxygen atoms in total. The highest BCUT2D eigenvalue weighted by Gasteiger charge is 2.25. The van der Waals surface area contributed by atoms with Crippen molar-refractivity contribution in [3.05, 3.63) is 127 Å². The summed E-state index contributed by atoms with van der Waals surface area (Å²) in [6.45, 7) is -0.527. The summed E-state index contributed by atoms with van der Waals surface area (Å²) in [5, 5.41) is 11.5. The van der Waals surface area contributed by atoms with Crippen LogP contribution in [0.5, 0.6) is 0 Å². The summed E-state index contributed by atoms with van der Waals surface area (Å²) in [4.78, 5) is 57.2. The highest BCUT2D eigenvalue weighted by atomic mass is 79.9. The lowest BCUT2D eigenvalue weighted by Crippen LogP contribution is -2.39. The van der Waals surface area contributed by atoms with Gasteiger partial charge in [0.2, 0.25) is 5.91 Å². The molecule has 5 aromatic rings. The summed E-state index contributed by atoms with van der Waals surface area (Å²) in [6, 6.07) is 12.0. The summed E-state index contributed by atoms with van der Waals surface area (Å²) < 4.78 is 31.5. The van der Waals surface area contributed by atoms with Crippen LogP contribution in [0.25, 0.3) is 26.5 Å². The Balaban J connectivity index is 1.61. The second-order valence-corrected chi connectivity index (χ2v) is 11.0. The van der Waals surface area contributed by atoms with Crippen LogP contribution in [-0.2, 0) is 16.7 Å². The van der Waals surface area contributed by atoms with Crippen molar-refractivity contribution in [1.29, 1.82) is 0 Å². The molecule has 1 amide bonds. The van der Waals surface area contributed by atoms with Crippen LogP contribution in [-0.4, -0.2) is 24.9 Å². The molecule has 0 aliphatic carbocycles. The quantitative estimate of drug-likeness (QED) is 0.126. The molecular weight excluding hydrogens is 648 g/mol. The number of benzene rings is 2. The van der Waals surface area contributed by atoms with E-state index in [1.165, 1.54) is 53.6 Å². The SMILES string of the molecule is O=C1CC=CN1c1ccc(-n2c(=O)c3c(CBr)c(-c4ccc([N+](=O)[O-])cc4)sc3n(Cc3c(F)cccc3F)c2=O)nc1. The van der Waals surface area contributed by atoms with Gasteiger partial charge in [-0.3, -0.25) is 29.2 Å². The molecule has 1 aliphatic heterocycles. The van der Waals surface area contributed by atoms with Gasteiger partial charge in [-0.05, 0) is 47.5 Å². The number of carbonyl (C=O) groups excluding carboxylic acids is 1. The standard InChI is InChI=1S/C29H18BrF2N5O5S/c30-13-19-25-27(39)36(23-11-10-18(14-33-23)34-12-2-5-24(34)38)29(40)35(15-20-21(31)3-1-4-22(20)32)28(25)43-26(19)16-6-8-17(9-7-16)37(41)42/h1-4,6-12,14H,5,13,15H2. The molecule has 1 aliphatic rings. The first-order chi connectivity index (χ1) is 20.7. The molecule has 43 heavy (non-hydrogen) atoms. The van der Waals surface area contributed by atoms with E-state index in [1.807, 2.05) is 0 Å². The van der Waals surface area contributed by atoms with E-state index in [9.17, 15) is 33.3 Å². The number of nitrogens with zero attached hydrogens (tertiary/aromatic N) is 5. The van der Waals surface area contributed by atoms with Gasteiger partial charge in [0, 0.05) is 40.5 Å². The monoisotopic (exact) mass is 665 g/mol. The zero-order chi connectivity index (χ0) is 30.4. The molecule has 0 saturated carbocycles. The van der Waals surface area contributed by atoms with Crippen LogP contribution in [0.3, 0.4) is 0 Å². The predicted octanol–water partition coefficient (Wildman–Crippen LogP) is 5.66. The Bertz CT molecular complexity index is 2070. The number of hydrogen-bond donors (Lipinski definition) is 0. The van der Waals surface area contributed by atoms with Crippen LogP contribution in [0.1, 0.15) is 17.5 Å². The minimum atomic E-state index is -0.879. The van der Waals surface area contributed by atoms with Gasteiger partial charge in [0.15, 0.2) is 0 Å². The third-order valence-electron chi connectivity index (χ3n) is 6.98. The van der Waals surface area contributed by atoms with E-state index in [2.05, 4.69) is 20.9 Å². The number of nitro benzene ring substituents is 1. The second kappa shape index (κ2) is 11.1. The molecule has 3 aromatic heterocycles. The number of hydrogen-bond acceptors (Lipinski definition) is 7. The predicted molar refractivity (Wildman–Crippen MR) is 161 cm³/mol. The van der Waals surface area contributed by atoms with E-state index >= 15 is 0 Å². The Kier molecular flexibility index (Phi) is 7.31. The molecule has 0 saturated heterocycles. The molecule has 0 unspecified atom stereocenters. The highest BCUT2D eigenvalue weighted by Crippen LogP contribution is 2.39. The number of halogens is 3. The first kappa shape index (κ1) is 28.3. The number of nitro groups is 1. The van der Waals surface area contributed by atoms with Crippen molar-refractivity contribution in [2.75, 3.05) is 4.90 Å². The third-order valence-corrected chi connectivity index (χ3v) is 8.84. The third kappa shape index (κ3) is 4.87. The Morgan fingerprint density at radius 2 is 1.72 bits per heavy atom. The molecule has 216 valence electrons. The molecule has 0 atom stereocenters. The zero-order valence-electron chi connectivity index (χ0n) is 21.9. The molecule has 0 fully saturated rings. The number of anilines is 1. The van der Waals surface area contributed by atoms with E-state index in [4.69, 9.17) is 0 Å². The van der Waals surface area contributed by atoms with Gasteiger partial charge in [0.05, 0.1) is 28.7 Å². The molecule has 2 aromatic carbocycles. The summed E-state index contributed by atoms with van der Waals surface area (Å²) in [5.41, 5.74) is -0.613. The van der Waals surface area contributed by atoms with Crippen molar-refractivity contribution < 1.29 is 18.5 Å². The van der Waals surface area contributed by atoms with Crippen molar-refractivity contribution in [3.63, 3.8) is 0 Å². The van der Waals surface area contributed by atoms with Crippen molar-refractivity contribution in [2.24, 2.45) is 0 Å². The number of rotatable bonds is 7. The van der Waals surface area contributed by atoms with Crippen molar-refractivity contribution in [1.82, 2.24) is 14.1 Å². The van der Waals surface area contributed by atoms with Gasteiger partial charge in [-0.1, -0.05) is 28.1 Å². The largest absolute Gasteiger partial charge is 0.338 e. The summed E-state index contributed by atoms with van der Waals surface area (Å²) in [5.74, 6) is -1.95. The van der Waals surface area contributed by atoms with Crippen LogP contribution in [0.15, 0.2) is 82.7 Å². The number of thiophene rings is 1. The normalized spacial score (nSPS) is 12.9. The Labute approximate surface area is 253 Å². The maximum Gasteiger partial charge on any atom is 0.338 e. The fourth-order valence-electron chi connectivity index (χ4n) is 4.87. The Hall–Kier alpha value is -4.82. The Morgan fingerprint density at radius 1 is 1.00 bits per heavy atom. The first-order valence-electron chi connectivity index (χ1n) is 12.7. The van der Waals surface area contributed by atoms with E-state index in [0.29, 0.717) is 21.7 Å². The van der Waals surface area contributed by atoms with E-state index < -0.39 is 34.4 Å². The molecule has 6 rings (SSSR count). The molecule has 0 bridgehead atoms. The summed E-state index contributed by atoms with van der Waals surface area (Å²) in [6.07, 6.45) is 4.87. The number of carbonyl (C=O) groups is 1. The average molecular weight is 666 g/mol. The highest BCUT2D eigenvalue weighted by molar-refractivity contribution is 9.08. The van der Waals surface area contributed by atoms with Gasteiger partial charge in [-0.2, -0.15) is 0 Å². The minimum absolute atomic E-state index is 0.0531. The van der Waals surface area contributed by atoms with Gasteiger partial charge >= 0.3 is 5.69 Å². The van der Waals surface area contributed by atoms with Crippen LogP contribution >= 0.6 is 27.3 Å². The van der Waals surface area contributed by atoms with Crippen molar-refractivity contribution in [2.45, 2.75) is 18.3 Å². The van der Waals surface area contributed by atoms with E-state index in [0.717, 1.165) is 32.6 Å². The number of aromatic nitrogens is 3. The summed E-state index contributed by atoms with van der Waals surface area (Å²) >= 11 is 4.49. The summed E-state index contributed by atoms with van der Waals surface area (Å²) in [7, 11) is 0. The van der Waals surface area contributed by atoms with Crippen LogP contribution in [0.2, 0.25) is 0 Å². The fourth-order valence-corrected chi connectivity index (χ4v) is 6.93. The second-order valence-electron chi connectivity index (χ2n) is 9.46. The maximum atomic E-state index is 14.8. The smallest absolute Gasteiger partial charge is 0.286 e. The first-order valence-corrected chi connectivity index (χ1v) is 14.6. The average Bonchev–Trinajstić information content (AvgIpc) is 3.61. The zero-order valence-corrected chi connectivity index (χ0v) is 24.3. The molecule has 0 radical (unpaired) electrons. The van der Waals surface area contributed by atoms with E-state index in [-0.39, 0.29) is 44.9 Å². The van der Waals surface area contributed by atoms with Crippen molar-refractivity contribution in [3.8, 4) is 16.3 Å². The lowest BCUT2D eigenvalue weighted by molar-refractivity contribution is -0.384. The number of amides is 1. The van der Waals surface area contributed by atoms with Crippen LogP contribution in [0, 0.1) is 21.7 Å². The number of fused-ring (bicyclic) bond motifs is 1.